The summed E-state index contributed by atoms with van der Waals surface area (Å²) in [6.45, 7) is 4.58. The number of rotatable bonds is 5. The first-order valence-electron chi connectivity index (χ1n) is 9.54. The van der Waals surface area contributed by atoms with Crippen molar-refractivity contribution in [2.24, 2.45) is 5.92 Å². The fourth-order valence-electron chi connectivity index (χ4n) is 3.57. The van der Waals surface area contributed by atoms with Gasteiger partial charge in [-0.3, -0.25) is 18.8 Å². The number of aryl methyl sites for hydroxylation is 2. The second-order valence-corrected chi connectivity index (χ2v) is 8.20. The van der Waals surface area contributed by atoms with Crippen LogP contribution in [0.1, 0.15) is 23.4 Å². The van der Waals surface area contributed by atoms with Gasteiger partial charge in [0.2, 0.25) is 11.8 Å². The van der Waals surface area contributed by atoms with Crippen LogP contribution in [-0.2, 0) is 16.0 Å². The maximum absolute atomic E-state index is 12.6. The van der Waals surface area contributed by atoms with Crippen molar-refractivity contribution in [1.82, 2.24) is 14.7 Å². The lowest BCUT2D eigenvalue weighted by Crippen LogP contribution is -2.34. The zero-order valence-electron chi connectivity index (χ0n) is 16.3. The van der Waals surface area contributed by atoms with E-state index in [4.69, 9.17) is 0 Å². The van der Waals surface area contributed by atoms with Gasteiger partial charge in [0.15, 0.2) is 4.96 Å². The summed E-state index contributed by atoms with van der Waals surface area (Å²) in [4.78, 5) is 43.8. The van der Waals surface area contributed by atoms with E-state index in [-0.39, 0.29) is 29.7 Å². The number of benzene rings is 1. The highest BCUT2D eigenvalue weighted by Crippen LogP contribution is 2.25. The number of hydrogen-bond donors (Lipinski definition) is 1. The van der Waals surface area contributed by atoms with Gasteiger partial charge in [-0.05, 0) is 26.0 Å². The molecule has 0 aliphatic carbocycles. The lowest BCUT2D eigenvalue weighted by Gasteiger charge is -2.17. The fourth-order valence-corrected chi connectivity index (χ4v) is 4.55. The molecule has 1 aliphatic heterocycles. The van der Waals surface area contributed by atoms with E-state index in [1.165, 1.54) is 17.4 Å². The third-order valence-corrected chi connectivity index (χ3v) is 6.00. The van der Waals surface area contributed by atoms with Crippen molar-refractivity contribution in [2.75, 3.05) is 18.0 Å². The van der Waals surface area contributed by atoms with Crippen LogP contribution in [0.2, 0.25) is 0 Å². The minimum Gasteiger partial charge on any atom is -0.355 e. The van der Waals surface area contributed by atoms with Gasteiger partial charge in [-0.1, -0.05) is 17.7 Å². The molecule has 1 unspecified atom stereocenters. The number of thiazole rings is 1. The molecule has 0 radical (unpaired) electrons. The van der Waals surface area contributed by atoms with Gasteiger partial charge in [0.05, 0.1) is 5.92 Å². The fraction of sp³-hybridized carbons (Fsp3) is 0.333. The van der Waals surface area contributed by atoms with Gasteiger partial charge < -0.3 is 10.2 Å². The number of carbonyl (C=O) groups excluding carboxylic acids is 2. The predicted molar refractivity (Wildman–Crippen MR) is 112 cm³/mol. The van der Waals surface area contributed by atoms with Crippen molar-refractivity contribution in [3.05, 3.63) is 63.0 Å². The molecule has 8 heteroatoms. The minimum absolute atomic E-state index is 0.0363. The second kappa shape index (κ2) is 7.79. The van der Waals surface area contributed by atoms with Gasteiger partial charge in [-0.2, -0.15) is 0 Å². The molecule has 2 amide bonds. The molecular weight excluding hydrogens is 388 g/mol. The first-order chi connectivity index (χ1) is 13.9. The molecule has 1 N–H and O–H groups in total. The van der Waals surface area contributed by atoms with Crippen LogP contribution in [0.3, 0.4) is 0 Å². The Kier molecular flexibility index (Phi) is 5.19. The van der Waals surface area contributed by atoms with E-state index in [9.17, 15) is 14.4 Å². The van der Waals surface area contributed by atoms with E-state index in [1.54, 1.807) is 16.2 Å². The van der Waals surface area contributed by atoms with Crippen LogP contribution in [0.5, 0.6) is 0 Å². The molecule has 4 rings (SSSR count). The first kappa shape index (κ1) is 19.3. The van der Waals surface area contributed by atoms with Crippen molar-refractivity contribution >= 4 is 33.8 Å². The van der Waals surface area contributed by atoms with Crippen LogP contribution < -0.4 is 15.8 Å². The molecule has 3 aromatic rings. The Morgan fingerprint density at radius 2 is 2.00 bits per heavy atom. The summed E-state index contributed by atoms with van der Waals surface area (Å²) >= 11 is 1.41. The average molecular weight is 410 g/mol. The molecule has 0 bridgehead atoms. The largest absolute Gasteiger partial charge is 0.355 e. The quantitative estimate of drug-likeness (QED) is 0.698. The number of nitrogens with one attached hydrogen (secondary N) is 1. The summed E-state index contributed by atoms with van der Waals surface area (Å²) in [5.74, 6) is -0.533. The van der Waals surface area contributed by atoms with Gasteiger partial charge >= 0.3 is 0 Å². The monoisotopic (exact) mass is 410 g/mol. The van der Waals surface area contributed by atoms with Gasteiger partial charge in [-0.25, -0.2) is 4.98 Å². The van der Waals surface area contributed by atoms with Crippen molar-refractivity contribution in [2.45, 2.75) is 26.7 Å². The number of nitrogens with zero attached hydrogens (tertiary/aromatic N) is 3. The van der Waals surface area contributed by atoms with Crippen molar-refractivity contribution < 1.29 is 9.59 Å². The van der Waals surface area contributed by atoms with Crippen molar-refractivity contribution in [3.63, 3.8) is 0 Å². The summed E-state index contributed by atoms with van der Waals surface area (Å²) in [7, 11) is 0. The Labute approximate surface area is 172 Å². The van der Waals surface area contributed by atoms with Gasteiger partial charge in [0.1, 0.15) is 0 Å². The summed E-state index contributed by atoms with van der Waals surface area (Å²) in [5, 5.41) is 4.81. The molecule has 29 heavy (non-hydrogen) atoms. The molecule has 2 aromatic heterocycles. The van der Waals surface area contributed by atoms with Crippen LogP contribution in [0, 0.1) is 19.8 Å². The van der Waals surface area contributed by atoms with Crippen LogP contribution in [0.15, 0.2) is 40.5 Å². The smallest absolute Gasteiger partial charge is 0.258 e. The lowest BCUT2D eigenvalue weighted by atomic mass is 10.1. The molecule has 150 valence electrons. The molecule has 0 saturated carbocycles. The molecular formula is C21H22N4O3S. The third kappa shape index (κ3) is 3.93. The Bertz CT molecular complexity index is 1130. The maximum atomic E-state index is 12.6. The Morgan fingerprint density at radius 1 is 1.24 bits per heavy atom. The first-order valence-corrected chi connectivity index (χ1v) is 10.4. The Hall–Kier alpha value is -3.00. The number of fused-ring (bicyclic) bond motifs is 1. The lowest BCUT2D eigenvalue weighted by molar-refractivity contribution is -0.126. The van der Waals surface area contributed by atoms with Gasteiger partial charge in [0.25, 0.3) is 5.56 Å². The summed E-state index contributed by atoms with van der Waals surface area (Å²) in [5.41, 5.74) is 3.36. The standard InChI is InChI=1S/C21H22N4O3S/c1-13-3-5-16(6-4-13)24-11-15(10-18(24)26)20(28)22-8-7-17-12-29-21-23-14(2)9-19(27)25(17)21/h3-6,9,12,15H,7-8,10-11H2,1-2H3,(H,22,28). The number of hydrogen-bond acceptors (Lipinski definition) is 5. The molecule has 1 atom stereocenters. The molecule has 1 aromatic carbocycles. The summed E-state index contributed by atoms with van der Waals surface area (Å²) in [6, 6.07) is 9.23. The molecule has 0 spiro atoms. The van der Waals surface area contributed by atoms with Crippen LogP contribution >= 0.6 is 11.3 Å². The second-order valence-electron chi connectivity index (χ2n) is 7.36. The highest BCUT2D eigenvalue weighted by molar-refractivity contribution is 7.15. The van der Waals surface area contributed by atoms with E-state index >= 15 is 0 Å². The minimum atomic E-state index is -0.366. The third-order valence-electron chi connectivity index (χ3n) is 5.13. The normalized spacial score (nSPS) is 16.6. The predicted octanol–water partition coefficient (Wildman–Crippen LogP) is 2.08. The zero-order chi connectivity index (χ0) is 20.5. The van der Waals surface area contributed by atoms with E-state index in [0.717, 1.165) is 16.9 Å². The van der Waals surface area contributed by atoms with Gasteiger partial charge in [0, 0.05) is 54.5 Å². The number of amides is 2. The van der Waals surface area contributed by atoms with Crippen molar-refractivity contribution in [1.29, 1.82) is 0 Å². The van der Waals surface area contributed by atoms with Crippen molar-refractivity contribution in [3.8, 4) is 0 Å². The van der Waals surface area contributed by atoms with E-state index in [1.807, 2.05) is 36.6 Å². The van der Waals surface area contributed by atoms with Crippen LogP contribution in [0.4, 0.5) is 5.69 Å². The van der Waals surface area contributed by atoms with Crippen LogP contribution in [-0.4, -0.2) is 34.3 Å². The van der Waals surface area contributed by atoms with E-state index < -0.39 is 0 Å². The summed E-state index contributed by atoms with van der Waals surface area (Å²) < 4.78 is 1.59. The Morgan fingerprint density at radius 3 is 2.76 bits per heavy atom. The van der Waals surface area contributed by atoms with E-state index in [0.29, 0.717) is 30.2 Å². The number of aromatic nitrogens is 2. The molecule has 3 heterocycles. The molecule has 1 saturated heterocycles. The SMILES string of the molecule is Cc1ccc(N2CC(C(=O)NCCc3csc4nc(C)cc(=O)n34)CC2=O)cc1. The number of carbonyl (C=O) groups is 2. The summed E-state index contributed by atoms with van der Waals surface area (Å²) in [6.07, 6.45) is 0.739. The molecule has 7 nitrogen and oxygen atoms in total. The Balaban J connectivity index is 1.36. The highest BCUT2D eigenvalue weighted by atomic mass is 32.1. The van der Waals surface area contributed by atoms with Crippen LogP contribution in [0.25, 0.3) is 4.96 Å². The van der Waals surface area contributed by atoms with E-state index in [2.05, 4.69) is 10.3 Å². The topological polar surface area (TPSA) is 83.8 Å². The zero-order valence-corrected chi connectivity index (χ0v) is 17.2. The molecule has 1 aliphatic rings. The van der Waals surface area contributed by atoms with Gasteiger partial charge in [-0.15, -0.1) is 11.3 Å². The highest BCUT2D eigenvalue weighted by Gasteiger charge is 2.34. The number of anilines is 1. The molecule has 1 fully saturated rings. The average Bonchev–Trinajstić information content (AvgIpc) is 3.26. The maximum Gasteiger partial charge on any atom is 0.258 e.